The second-order valence-electron chi connectivity index (χ2n) is 19.4. The molecule has 0 radical (unpaired) electrons. The van der Waals surface area contributed by atoms with Crippen LogP contribution >= 0.6 is 0 Å². The molecule has 14 heteroatoms. The van der Waals surface area contributed by atoms with Crippen molar-refractivity contribution in [1.29, 1.82) is 0 Å². The number of aromatic hydroxyl groups is 2. The first kappa shape index (κ1) is 50.7. The summed E-state index contributed by atoms with van der Waals surface area (Å²) in [6.45, 7) is 11.2. The fourth-order valence-corrected chi connectivity index (χ4v) is 9.75. The predicted molar refractivity (Wildman–Crippen MR) is 273 cm³/mol. The Morgan fingerprint density at radius 3 is 1.51 bits per heavy atom. The molecule has 8 rings (SSSR count). The van der Waals surface area contributed by atoms with Gasteiger partial charge in [-0.3, -0.25) is 14.4 Å². The number of H-pyrrole nitrogens is 2. The molecule has 2 aromatic heterocycles. The number of fused-ring (bicyclic) bond motifs is 4. The molecular weight excluding hydrogens is 869 g/mol. The van der Waals surface area contributed by atoms with Crippen molar-refractivity contribution in [2.75, 3.05) is 46.8 Å². The lowest BCUT2D eigenvalue weighted by Crippen LogP contribution is -2.27. The number of para-hydroxylation sites is 2. The number of benzene rings is 4. The van der Waals surface area contributed by atoms with E-state index in [4.69, 9.17) is 10.5 Å². The third kappa shape index (κ3) is 12.3. The highest BCUT2D eigenvalue weighted by atomic mass is 16.6. The molecule has 2 atom stereocenters. The molecule has 0 saturated carbocycles. The van der Waals surface area contributed by atoms with Crippen LogP contribution in [-0.2, 0) is 22.6 Å². The first-order valence-corrected chi connectivity index (χ1v) is 24.7. The van der Waals surface area contributed by atoms with Gasteiger partial charge in [0, 0.05) is 89.2 Å². The van der Waals surface area contributed by atoms with Crippen molar-refractivity contribution in [3.8, 4) is 11.5 Å². The Morgan fingerprint density at radius 2 is 1.06 bits per heavy atom. The summed E-state index contributed by atoms with van der Waals surface area (Å²) >= 11 is 0. The zero-order valence-corrected chi connectivity index (χ0v) is 41.1. The molecule has 14 nitrogen and oxygen atoms in total. The minimum absolute atomic E-state index is 0.0147. The van der Waals surface area contributed by atoms with E-state index in [1.807, 2.05) is 59.1 Å². The Hall–Kier alpha value is -6.19. The number of aromatic nitrogens is 2. The molecular formula is C55H72N8O6. The van der Waals surface area contributed by atoms with Crippen LogP contribution in [0.25, 0.3) is 21.8 Å². The van der Waals surface area contributed by atoms with E-state index in [9.17, 15) is 24.6 Å². The van der Waals surface area contributed by atoms with Crippen molar-refractivity contribution in [2.24, 2.45) is 5.73 Å². The maximum Gasteiger partial charge on any atom is 0.307 e. The Balaban J connectivity index is 0.000000211. The summed E-state index contributed by atoms with van der Waals surface area (Å²) in [6, 6.07) is 25.9. The third-order valence-electron chi connectivity index (χ3n) is 13.0. The van der Waals surface area contributed by atoms with Crippen molar-refractivity contribution in [3.63, 3.8) is 0 Å². The predicted octanol–water partition coefficient (Wildman–Crippen LogP) is 8.68. The van der Waals surface area contributed by atoms with Crippen molar-refractivity contribution >= 4 is 39.6 Å². The van der Waals surface area contributed by atoms with Gasteiger partial charge in [-0.2, -0.15) is 0 Å². The number of esters is 1. The molecule has 2 aliphatic rings. The maximum atomic E-state index is 13.0. The number of phenolic OH excluding ortho intramolecular Hbond substituents is 2. The summed E-state index contributed by atoms with van der Waals surface area (Å²) in [5, 5.41) is 32.9. The second kappa shape index (κ2) is 23.4. The van der Waals surface area contributed by atoms with E-state index in [2.05, 4.69) is 50.2 Å². The molecule has 0 saturated heterocycles. The molecule has 2 aliphatic heterocycles. The molecule has 2 amide bonds. The molecule has 0 fully saturated rings. The lowest BCUT2D eigenvalue weighted by molar-refractivity contribution is -0.154. The van der Waals surface area contributed by atoms with Crippen molar-refractivity contribution < 1.29 is 29.3 Å². The van der Waals surface area contributed by atoms with Crippen molar-refractivity contribution in [1.82, 2.24) is 35.7 Å². The topological polar surface area (TPSA) is 201 Å². The van der Waals surface area contributed by atoms with E-state index in [0.717, 1.165) is 120 Å². The SMILES string of the molecule is CN1C(=O)c2ccc(O)cc2C1c1c(CNCCCCCCN)[nH]c2ccccc12.CN1C(=O)c2ccc(O)cc2C1c1c(CNCCCCCCNCCC(=O)OC(C)(C)C)[nH]c2ccccc12. The summed E-state index contributed by atoms with van der Waals surface area (Å²) < 4.78 is 5.32. The number of hydrogen-bond donors (Lipinski definition) is 8. The first-order chi connectivity index (χ1) is 33.3. The molecule has 0 bridgehead atoms. The smallest absolute Gasteiger partial charge is 0.307 e. The number of unbranched alkanes of at least 4 members (excludes halogenated alkanes) is 6. The van der Waals surface area contributed by atoms with Gasteiger partial charge >= 0.3 is 5.97 Å². The largest absolute Gasteiger partial charge is 0.508 e. The van der Waals surface area contributed by atoms with Crippen LogP contribution < -0.4 is 21.7 Å². The van der Waals surface area contributed by atoms with Crippen LogP contribution in [0.4, 0.5) is 0 Å². The van der Waals surface area contributed by atoms with Gasteiger partial charge < -0.3 is 56.4 Å². The molecule has 9 N–H and O–H groups in total. The molecule has 0 aliphatic carbocycles. The van der Waals surface area contributed by atoms with Crippen LogP contribution in [0.15, 0.2) is 84.9 Å². The molecule has 6 aromatic rings. The number of carbonyl (C=O) groups is 3. The van der Waals surface area contributed by atoms with Gasteiger partial charge in [-0.05, 0) is 132 Å². The van der Waals surface area contributed by atoms with Crippen LogP contribution in [0.2, 0.25) is 0 Å². The Bertz CT molecular complexity index is 2700. The summed E-state index contributed by atoms with van der Waals surface area (Å²) in [4.78, 5) is 48.2. The summed E-state index contributed by atoms with van der Waals surface area (Å²) in [5.41, 5.74) is 14.5. The molecule has 368 valence electrons. The number of hydrogen-bond acceptors (Lipinski definition) is 10. The average Bonchev–Trinajstić information content (AvgIpc) is 4.00. The van der Waals surface area contributed by atoms with Crippen molar-refractivity contribution in [3.05, 3.63) is 130 Å². The molecule has 2 unspecified atom stereocenters. The molecule has 0 spiro atoms. The molecule has 4 aromatic carbocycles. The number of carbonyl (C=O) groups excluding carboxylic acids is 3. The standard InChI is InChI=1S/C31H42N4O4.C24H30N4O2/c1-31(2,3)39-27(37)15-18-32-16-9-5-6-10-17-33-20-26-28(23-11-7-8-12-25(23)34-26)29-24-19-21(36)13-14-22(24)30(38)35(29)4;1-28-23(19-14-16(29)10-11-17(19)24(28)30)22-18-8-4-5-9-20(18)27-21(22)15-26-13-7-3-2-6-12-25/h7-8,11-14,19,29,32-34,36H,5-6,9-10,15-18,20H2,1-4H3;4-5,8-11,14,23,26-27,29H,2-3,6-7,12-13,15,25H2,1H3. The van der Waals surface area contributed by atoms with Crippen LogP contribution in [0.3, 0.4) is 0 Å². The summed E-state index contributed by atoms with van der Waals surface area (Å²) in [6.07, 6.45) is 9.37. The number of aromatic amines is 2. The van der Waals surface area contributed by atoms with E-state index in [0.29, 0.717) is 37.2 Å². The fraction of sp³-hybridized carbons (Fsp3) is 0.436. The van der Waals surface area contributed by atoms with Crippen LogP contribution in [0.1, 0.15) is 145 Å². The zero-order valence-electron chi connectivity index (χ0n) is 41.1. The van der Waals surface area contributed by atoms with E-state index >= 15 is 0 Å². The summed E-state index contributed by atoms with van der Waals surface area (Å²) in [7, 11) is 3.66. The minimum Gasteiger partial charge on any atom is -0.508 e. The normalized spacial score (nSPS) is 15.5. The molecule has 69 heavy (non-hydrogen) atoms. The highest BCUT2D eigenvalue weighted by molar-refractivity contribution is 6.02. The van der Waals surface area contributed by atoms with Crippen LogP contribution in [0, 0.1) is 0 Å². The second-order valence-corrected chi connectivity index (χ2v) is 19.4. The van der Waals surface area contributed by atoms with Gasteiger partial charge in [0.05, 0.1) is 18.5 Å². The summed E-state index contributed by atoms with van der Waals surface area (Å²) in [5.74, 6) is 0.142. The number of ether oxygens (including phenoxy) is 1. The fourth-order valence-electron chi connectivity index (χ4n) is 9.75. The zero-order chi connectivity index (χ0) is 49.1. The highest BCUT2D eigenvalue weighted by Gasteiger charge is 2.39. The number of nitrogens with zero attached hydrogens (tertiary/aromatic N) is 2. The average molecular weight is 941 g/mol. The van der Waals surface area contributed by atoms with E-state index in [1.54, 1.807) is 46.2 Å². The van der Waals surface area contributed by atoms with Crippen LogP contribution in [-0.4, -0.2) is 100 Å². The van der Waals surface area contributed by atoms with Gasteiger partial charge in [0.15, 0.2) is 0 Å². The first-order valence-electron chi connectivity index (χ1n) is 24.7. The quantitative estimate of drug-likeness (QED) is 0.0241. The lowest BCUT2D eigenvalue weighted by atomic mass is 9.95. The van der Waals surface area contributed by atoms with E-state index in [1.165, 1.54) is 12.8 Å². The minimum atomic E-state index is -0.428. The number of nitrogens with one attached hydrogen (secondary N) is 5. The van der Waals surface area contributed by atoms with Gasteiger partial charge in [-0.25, -0.2) is 0 Å². The Labute approximate surface area is 406 Å². The van der Waals surface area contributed by atoms with E-state index in [-0.39, 0.29) is 41.4 Å². The van der Waals surface area contributed by atoms with E-state index < -0.39 is 5.60 Å². The molecule has 4 heterocycles. The third-order valence-corrected chi connectivity index (χ3v) is 13.0. The highest BCUT2D eigenvalue weighted by Crippen LogP contribution is 2.44. The lowest BCUT2D eigenvalue weighted by Gasteiger charge is -2.22. The monoisotopic (exact) mass is 941 g/mol. The Kier molecular flexibility index (Phi) is 17.2. The number of amides is 2. The van der Waals surface area contributed by atoms with Crippen molar-refractivity contribution in [2.45, 2.75) is 109 Å². The van der Waals surface area contributed by atoms with Gasteiger partial charge in [0.2, 0.25) is 0 Å². The van der Waals surface area contributed by atoms with Gasteiger partial charge in [-0.15, -0.1) is 0 Å². The number of rotatable bonds is 22. The Morgan fingerprint density at radius 1 is 0.623 bits per heavy atom. The number of nitrogens with two attached hydrogens (primary N) is 1. The van der Waals surface area contributed by atoms with Gasteiger partial charge in [0.25, 0.3) is 11.8 Å². The van der Waals surface area contributed by atoms with Gasteiger partial charge in [0.1, 0.15) is 17.1 Å². The van der Waals surface area contributed by atoms with Gasteiger partial charge in [-0.1, -0.05) is 62.1 Å². The maximum absolute atomic E-state index is 13.0. The van der Waals surface area contributed by atoms with Crippen LogP contribution in [0.5, 0.6) is 11.5 Å². The number of phenols is 2.